The van der Waals surface area contributed by atoms with Gasteiger partial charge in [-0.1, -0.05) is 165 Å². The molecule has 0 spiro atoms. The van der Waals surface area contributed by atoms with Gasteiger partial charge in [-0.05, 0) is 32.1 Å². The molecule has 0 radical (unpaired) electrons. The summed E-state index contributed by atoms with van der Waals surface area (Å²) in [4.78, 5) is 42.7. The monoisotopic (exact) mass is 682 g/mol. The van der Waals surface area contributed by atoms with Crippen molar-refractivity contribution in [3.05, 3.63) is 48.6 Å². The number of ether oxygens (including phenoxy) is 2. The van der Waals surface area contributed by atoms with Crippen LogP contribution in [0.2, 0.25) is 0 Å². The fourth-order valence-electron chi connectivity index (χ4n) is 4.97. The Labute approximate surface area is 286 Å². The van der Waals surface area contributed by atoms with Crippen molar-refractivity contribution < 1.29 is 37.9 Å². The quantitative estimate of drug-likeness (QED) is 0.0304. The van der Waals surface area contributed by atoms with Gasteiger partial charge in [-0.2, -0.15) is 0 Å². The van der Waals surface area contributed by atoms with Gasteiger partial charge >= 0.3 is 19.8 Å². The van der Waals surface area contributed by atoms with E-state index in [1.807, 2.05) is 36.5 Å². The largest absolute Gasteiger partial charge is 0.469 e. The lowest BCUT2D eigenvalue weighted by Crippen LogP contribution is -2.29. The van der Waals surface area contributed by atoms with Gasteiger partial charge in [-0.25, -0.2) is 4.57 Å². The molecule has 0 aromatic rings. The molecule has 8 nitrogen and oxygen atoms in total. The van der Waals surface area contributed by atoms with Crippen LogP contribution in [0.4, 0.5) is 0 Å². The molecule has 0 fully saturated rings. The molecular formula is C38H67O8P. The van der Waals surface area contributed by atoms with Crippen LogP contribution >= 0.6 is 7.82 Å². The molecular weight excluding hydrogens is 615 g/mol. The van der Waals surface area contributed by atoms with E-state index < -0.39 is 32.5 Å². The summed E-state index contributed by atoms with van der Waals surface area (Å²) in [5.41, 5.74) is 0. The van der Waals surface area contributed by atoms with Crippen LogP contribution in [0.5, 0.6) is 0 Å². The van der Waals surface area contributed by atoms with Gasteiger partial charge < -0.3 is 19.3 Å². The van der Waals surface area contributed by atoms with Gasteiger partial charge in [0.05, 0.1) is 6.61 Å². The van der Waals surface area contributed by atoms with Crippen LogP contribution in [0.1, 0.15) is 162 Å². The number of esters is 2. The normalized spacial score (nSPS) is 13.0. The van der Waals surface area contributed by atoms with Gasteiger partial charge in [0, 0.05) is 12.8 Å². The third-order valence-electron chi connectivity index (χ3n) is 7.71. The van der Waals surface area contributed by atoms with Crippen molar-refractivity contribution in [1.82, 2.24) is 0 Å². The highest BCUT2D eigenvalue weighted by Crippen LogP contribution is 2.36. The maximum absolute atomic E-state index is 12.3. The number of hydrogen-bond acceptors (Lipinski definition) is 6. The average molecular weight is 683 g/mol. The Bertz CT molecular complexity index is 905. The van der Waals surface area contributed by atoms with E-state index in [-0.39, 0.29) is 19.4 Å². The molecule has 2 N–H and O–H groups in total. The second-order valence-electron chi connectivity index (χ2n) is 12.3. The summed E-state index contributed by atoms with van der Waals surface area (Å²) >= 11 is 0. The number of hydrogen-bond donors (Lipinski definition) is 2. The molecule has 9 heteroatoms. The molecule has 272 valence electrons. The minimum Gasteiger partial charge on any atom is -0.462 e. The zero-order valence-corrected chi connectivity index (χ0v) is 30.6. The Hall–Kier alpha value is -1.99. The Morgan fingerprint density at radius 1 is 0.574 bits per heavy atom. The molecule has 0 unspecified atom stereocenters. The smallest absolute Gasteiger partial charge is 0.462 e. The first-order chi connectivity index (χ1) is 22.8. The van der Waals surface area contributed by atoms with Crippen LogP contribution in [0, 0.1) is 0 Å². The zero-order chi connectivity index (χ0) is 34.7. The van der Waals surface area contributed by atoms with Gasteiger partial charge in [-0.15, -0.1) is 0 Å². The second-order valence-corrected chi connectivity index (χ2v) is 13.5. The predicted octanol–water partition coefficient (Wildman–Crippen LogP) is 10.8. The third kappa shape index (κ3) is 36.7. The van der Waals surface area contributed by atoms with Crippen molar-refractivity contribution in [1.29, 1.82) is 0 Å². The van der Waals surface area contributed by atoms with Crippen molar-refractivity contribution in [2.24, 2.45) is 0 Å². The summed E-state index contributed by atoms with van der Waals surface area (Å²) in [6, 6.07) is 0. The number of carbonyl (C=O) groups excluding carboxylic acids is 2. The highest BCUT2D eigenvalue weighted by Gasteiger charge is 2.22. The summed E-state index contributed by atoms with van der Waals surface area (Å²) in [5, 5.41) is 0. The van der Waals surface area contributed by atoms with E-state index in [2.05, 4.69) is 30.5 Å². The molecule has 0 saturated carbocycles. The first-order valence-corrected chi connectivity index (χ1v) is 20.0. The molecule has 0 aliphatic rings. The molecule has 0 saturated heterocycles. The van der Waals surface area contributed by atoms with E-state index >= 15 is 0 Å². The van der Waals surface area contributed by atoms with Crippen LogP contribution < -0.4 is 0 Å². The van der Waals surface area contributed by atoms with Crippen molar-refractivity contribution in [3.8, 4) is 0 Å². The predicted molar refractivity (Wildman–Crippen MR) is 193 cm³/mol. The molecule has 0 aliphatic heterocycles. The second kappa shape index (κ2) is 33.9. The van der Waals surface area contributed by atoms with Crippen LogP contribution in [0.15, 0.2) is 48.6 Å². The lowest BCUT2D eigenvalue weighted by atomic mass is 10.0. The van der Waals surface area contributed by atoms with Crippen LogP contribution in [-0.2, 0) is 28.2 Å². The van der Waals surface area contributed by atoms with Crippen LogP contribution in [0.3, 0.4) is 0 Å². The van der Waals surface area contributed by atoms with Gasteiger partial charge in [0.15, 0.2) is 6.10 Å². The van der Waals surface area contributed by atoms with Gasteiger partial charge in [-0.3, -0.25) is 14.1 Å². The number of unbranched alkanes of at least 4 members (excludes halogenated alkanes) is 18. The first-order valence-electron chi connectivity index (χ1n) is 18.5. The van der Waals surface area contributed by atoms with Crippen molar-refractivity contribution in [2.75, 3.05) is 13.2 Å². The van der Waals surface area contributed by atoms with Crippen molar-refractivity contribution in [3.63, 3.8) is 0 Å². The summed E-state index contributed by atoms with van der Waals surface area (Å²) < 4.78 is 26.3. The minimum absolute atomic E-state index is 0.186. The van der Waals surface area contributed by atoms with E-state index in [9.17, 15) is 14.2 Å². The highest BCUT2D eigenvalue weighted by molar-refractivity contribution is 7.46. The van der Waals surface area contributed by atoms with Crippen molar-refractivity contribution >= 4 is 19.8 Å². The number of allylic oxidation sites excluding steroid dienone is 8. The van der Waals surface area contributed by atoms with Gasteiger partial charge in [0.1, 0.15) is 6.61 Å². The van der Waals surface area contributed by atoms with Gasteiger partial charge in [0.25, 0.3) is 0 Å². The summed E-state index contributed by atoms with van der Waals surface area (Å²) in [5.74, 6) is -0.912. The van der Waals surface area contributed by atoms with E-state index in [0.29, 0.717) is 6.42 Å². The Morgan fingerprint density at radius 2 is 1.02 bits per heavy atom. The van der Waals surface area contributed by atoms with Crippen molar-refractivity contribution in [2.45, 2.75) is 168 Å². The molecule has 0 rings (SSSR count). The van der Waals surface area contributed by atoms with Crippen LogP contribution in [0.25, 0.3) is 0 Å². The van der Waals surface area contributed by atoms with E-state index in [4.69, 9.17) is 19.3 Å². The lowest BCUT2D eigenvalue weighted by molar-refractivity contribution is -0.161. The fourth-order valence-corrected chi connectivity index (χ4v) is 5.33. The van der Waals surface area contributed by atoms with Gasteiger partial charge in [0.2, 0.25) is 0 Å². The van der Waals surface area contributed by atoms with E-state index in [1.54, 1.807) is 0 Å². The highest BCUT2D eigenvalue weighted by atomic mass is 31.2. The molecule has 0 aromatic carbocycles. The average Bonchev–Trinajstić information content (AvgIpc) is 3.03. The minimum atomic E-state index is -4.75. The Morgan fingerprint density at radius 3 is 1.53 bits per heavy atom. The van der Waals surface area contributed by atoms with E-state index in [1.165, 1.54) is 70.6 Å². The summed E-state index contributed by atoms with van der Waals surface area (Å²) in [7, 11) is -4.75. The fraction of sp³-hybridized carbons (Fsp3) is 0.737. The molecule has 0 amide bonds. The summed E-state index contributed by atoms with van der Waals surface area (Å²) in [6.07, 6.45) is 39.7. The first kappa shape index (κ1) is 45.0. The molecule has 47 heavy (non-hydrogen) atoms. The Kier molecular flexibility index (Phi) is 32.5. The maximum Gasteiger partial charge on any atom is 0.469 e. The zero-order valence-electron chi connectivity index (χ0n) is 29.7. The number of phosphoric ester groups is 1. The Balaban J connectivity index is 4.02. The molecule has 0 aliphatic carbocycles. The standard InChI is InChI=1S/C38H67O8P/c1-3-5-7-9-11-13-15-17-19-21-23-25-27-29-31-33-38(40)46-36(35-45-47(41,42)43)34-44-37(39)32-30-28-26-24-22-20-18-16-14-12-10-8-6-4-2/h5,7,9,11,13,15,17,19,36H,3-4,6,8,10,12,14,16,18,20-35H2,1-2H3,(H2,41,42,43)/b7-5+,11-9+,15-13+,19-17+/t36-/m1/s1. The molecule has 0 bridgehead atoms. The van der Waals surface area contributed by atoms with Crippen LogP contribution in [-0.4, -0.2) is 41.0 Å². The number of phosphoric acid groups is 1. The SMILES string of the molecule is CC/C=C/C=C/C=C/C=C/CCCCCCCC(=O)O[C@H](COC(=O)CCCCCCCCCCCCCCCC)COP(=O)(O)O. The number of rotatable bonds is 33. The third-order valence-corrected chi connectivity index (χ3v) is 8.19. The molecule has 0 aromatic heterocycles. The maximum atomic E-state index is 12.3. The molecule has 1 atom stereocenters. The summed E-state index contributed by atoms with van der Waals surface area (Å²) in [6.45, 7) is 3.51. The number of carbonyl (C=O) groups is 2. The van der Waals surface area contributed by atoms with E-state index in [0.717, 1.165) is 57.8 Å². The molecule has 0 heterocycles. The topological polar surface area (TPSA) is 119 Å². The lowest BCUT2D eigenvalue weighted by Gasteiger charge is -2.18.